The fourth-order valence-electron chi connectivity index (χ4n) is 0.970. The van der Waals surface area contributed by atoms with Gasteiger partial charge in [-0.25, -0.2) is 9.97 Å². The minimum atomic E-state index is 0.833. The van der Waals surface area contributed by atoms with Crippen molar-refractivity contribution in [1.29, 1.82) is 0 Å². The van der Waals surface area contributed by atoms with Crippen LogP contribution in [-0.2, 0) is 0 Å². The van der Waals surface area contributed by atoms with Gasteiger partial charge in [0.1, 0.15) is 22.7 Å². The van der Waals surface area contributed by atoms with Crippen molar-refractivity contribution in [2.75, 3.05) is 11.9 Å². The van der Waals surface area contributed by atoms with Gasteiger partial charge in [0.15, 0.2) is 4.34 Å². The van der Waals surface area contributed by atoms with Crippen molar-refractivity contribution < 1.29 is 0 Å². The van der Waals surface area contributed by atoms with E-state index in [0.29, 0.717) is 0 Å². The van der Waals surface area contributed by atoms with Gasteiger partial charge in [-0.1, -0.05) is 11.3 Å². The lowest BCUT2D eigenvalue weighted by Gasteiger charge is -2.02. The maximum atomic E-state index is 4.15. The van der Waals surface area contributed by atoms with Gasteiger partial charge in [0, 0.05) is 12.6 Å². The molecule has 0 amide bonds. The summed E-state index contributed by atoms with van der Waals surface area (Å²) >= 11 is 2.98. The molecule has 7 heteroatoms. The summed E-state index contributed by atoms with van der Waals surface area (Å²) in [6.45, 7) is 2.87. The van der Waals surface area contributed by atoms with Crippen LogP contribution in [0.1, 0.15) is 6.92 Å². The molecule has 0 aliphatic carbocycles. The van der Waals surface area contributed by atoms with Crippen LogP contribution >= 0.6 is 23.1 Å². The smallest absolute Gasteiger partial charge is 0.180 e. The summed E-state index contributed by atoms with van der Waals surface area (Å²) < 4.78 is 0.885. The van der Waals surface area contributed by atoms with Gasteiger partial charge in [-0.05, 0) is 18.7 Å². The van der Waals surface area contributed by atoms with Crippen LogP contribution in [0.3, 0.4) is 0 Å². The average molecular weight is 239 g/mol. The third-order valence-corrected chi connectivity index (χ3v) is 3.24. The quantitative estimate of drug-likeness (QED) is 0.822. The van der Waals surface area contributed by atoms with E-state index in [4.69, 9.17) is 0 Å². The molecule has 0 bridgehead atoms. The summed E-state index contributed by atoms with van der Waals surface area (Å²) in [5, 5.41) is 11.7. The third-order valence-electron chi connectivity index (χ3n) is 1.53. The zero-order valence-corrected chi connectivity index (χ0v) is 9.68. The van der Waals surface area contributed by atoms with Crippen molar-refractivity contribution in [3.05, 3.63) is 17.9 Å². The number of rotatable bonds is 4. The van der Waals surface area contributed by atoms with E-state index >= 15 is 0 Å². The average Bonchev–Trinajstić information content (AvgIpc) is 2.71. The van der Waals surface area contributed by atoms with E-state index in [2.05, 4.69) is 25.5 Å². The SMILES string of the molecule is CCNc1cc(Sc2nncs2)ncn1. The topological polar surface area (TPSA) is 63.6 Å². The molecule has 0 radical (unpaired) electrons. The Balaban J connectivity index is 2.11. The standard InChI is InChI=1S/C8H9N5S2/c1-2-9-6-3-7(11-4-10-6)15-8-13-12-5-14-8/h3-5H,2H2,1H3,(H,9,10,11). The highest BCUT2D eigenvalue weighted by Crippen LogP contribution is 2.27. The van der Waals surface area contributed by atoms with Crippen molar-refractivity contribution in [2.45, 2.75) is 16.3 Å². The first kappa shape index (κ1) is 10.3. The first-order valence-corrected chi connectivity index (χ1v) is 6.08. The number of hydrogen-bond acceptors (Lipinski definition) is 7. The van der Waals surface area contributed by atoms with Crippen LogP contribution in [-0.4, -0.2) is 26.7 Å². The van der Waals surface area contributed by atoms with E-state index in [1.165, 1.54) is 23.1 Å². The minimum Gasteiger partial charge on any atom is -0.370 e. The molecule has 78 valence electrons. The van der Waals surface area contributed by atoms with Crippen molar-refractivity contribution in [3.8, 4) is 0 Å². The molecule has 0 atom stereocenters. The van der Waals surface area contributed by atoms with E-state index in [0.717, 1.165) is 21.7 Å². The van der Waals surface area contributed by atoms with Crippen molar-refractivity contribution in [2.24, 2.45) is 0 Å². The highest BCUT2D eigenvalue weighted by atomic mass is 32.2. The third kappa shape index (κ3) is 2.87. The van der Waals surface area contributed by atoms with Crippen LogP contribution in [0.25, 0.3) is 0 Å². The monoisotopic (exact) mass is 239 g/mol. The van der Waals surface area contributed by atoms with Gasteiger partial charge >= 0.3 is 0 Å². The molecule has 0 aliphatic rings. The second kappa shape index (κ2) is 5.04. The molecule has 0 fully saturated rings. The van der Waals surface area contributed by atoms with Crippen LogP contribution in [0.5, 0.6) is 0 Å². The Morgan fingerprint density at radius 2 is 2.40 bits per heavy atom. The lowest BCUT2D eigenvalue weighted by molar-refractivity contribution is 0.996. The number of anilines is 1. The van der Waals surface area contributed by atoms with Gasteiger partial charge in [0.2, 0.25) is 0 Å². The van der Waals surface area contributed by atoms with Crippen molar-refractivity contribution in [3.63, 3.8) is 0 Å². The summed E-state index contributed by atoms with van der Waals surface area (Å²) in [5.41, 5.74) is 1.70. The molecule has 0 aromatic carbocycles. The Labute approximate surface area is 95.4 Å². The molecule has 2 rings (SSSR count). The number of nitrogens with one attached hydrogen (secondary N) is 1. The van der Waals surface area contributed by atoms with Crippen LogP contribution in [0.15, 0.2) is 27.3 Å². The maximum Gasteiger partial charge on any atom is 0.180 e. The van der Waals surface area contributed by atoms with Crippen LogP contribution in [0.2, 0.25) is 0 Å². The Kier molecular flexibility index (Phi) is 3.46. The first-order valence-electron chi connectivity index (χ1n) is 4.38. The summed E-state index contributed by atoms with van der Waals surface area (Å²) in [5.74, 6) is 0.833. The lowest BCUT2D eigenvalue weighted by atomic mass is 10.5. The molecule has 5 nitrogen and oxygen atoms in total. The van der Waals surface area contributed by atoms with Gasteiger partial charge < -0.3 is 5.32 Å². The van der Waals surface area contributed by atoms with Crippen molar-refractivity contribution in [1.82, 2.24) is 20.2 Å². The lowest BCUT2D eigenvalue weighted by Crippen LogP contribution is -1.99. The second-order valence-corrected chi connectivity index (χ2v) is 4.68. The Morgan fingerprint density at radius 3 is 3.13 bits per heavy atom. The molecule has 2 aromatic rings. The summed E-state index contributed by atoms with van der Waals surface area (Å²) in [4.78, 5) is 8.24. The highest BCUT2D eigenvalue weighted by Gasteiger charge is 2.03. The van der Waals surface area contributed by atoms with E-state index in [1.807, 2.05) is 13.0 Å². The first-order chi connectivity index (χ1) is 7.38. The molecule has 0 unspecified atom stereocenters. The Hall–Kier alpha value is -1.21. The molecule has 1 N–H and O–H groups in total. The summed E-state index contributed by atoms with van der Waals surface area (Å²) in [7, 11) is 0. The van der Waals surface area contributed by atoms with Crippen LogP contribution in [0, 0.1) is 0 Å². The zero-order valence-electron chi connectivity index (χ0n) is 8.04. The largest absolute Gasteiger partial charge is 0.370 e. The molecule has 2 heterocycles. The van der Waals surface area contributed by atoms with Gasteiger partial charge in [0.05, 0.1) is 0 Å². The van der Waals surface area contributed by atoms with Gasteiger partial charge in [-0.2, -0.15) is 0 Å². The predicted octanol–water partition coefficient (Wildman–Crippen LogP) is 1.91. The van der Waals surface area contributed by atoms with Crippen LogP contribution in [0.4, 0.5) is 5.82 Å². The molecular weight excluding hydrogens is 230 g/mol. The highest BCUT2D eigenvalue weighted by molar-refractivity contribution is 8.00. The van der Waals surface area contributed by atoms with E-state index < -0.39 is 0 Å². The summed E-state index contributed by atoms with van der Waals surface area (Å²) in [6.07, 6.45) is 1.54. The van der Waals surface area contributed by atoms with Gasteiger partial charge in [-0.3, -0.25) is 0 Å². The number of aromatic nitrogens is 4. The minimum absolute atomic E-state index is 0.833. The predicted molar refractivity (Wildman–Crippen MR) is 60.2 cm³/mol. The molecule has 0 saturated carbocycles. The van der Waals surface area contributed by atoms with Crippen molar-refractivity contribution >= 4 is 28.9 Å². The second-order valence-electron chi connectivity index (χ2n) is 2.58. The Morgan fingerprint density at radius 1 is 1.47 bits per heavy atom. The van der Waals surface area contributed by atoms with Crippen LogP contribution < -0.4 is 5.32 Å². The fourth-order valence-corrected chi connectivity index (χ4v) is 2.36. The molecular formula is C8H9N5S2. The molecule has 0 spiro atoms. The maximum absolute atomic E-state index is 4.15. The molecule has 0 saturated heterocycles. The van der Waals surface area contributed by atoms with E-state index in [-0.39, 0.29) is 0 Å². The molecule has 15 heavy (non-hydrogen) atoms. The zero-order chi connectivity index (χ0) is 10.5. The number of nitrogens with zero attached hydrogens (tertiary/aromatic N) is 4. The van der Waals surface area contributed by atoms with Gasteiger partial charge in [-0.15, -0.1) is 10.2 Å². The van der Waals surface area contributed by atoms with E-state index in [9.17, 15) is 0 Å². The number of hydrogen-bond donors (Lipinski definition) is 1. The molecule has 2 aromatic heterocycles. The van der Waals surface area contributed by atoms with Gasteiger partial charge in [0.25, 0.3) is 0 Å². The molecule has 0 aliphatic heterocycles. The Bertz CT molecular complexity index is 417. The normalized spacial score (nSPS) is 10.2. The van der Waals surface area contributed by atoms with E-state index in [1.54, 1.807) is 11.8 Å². The summed E-state index contributed by atoms with van der Waals surface area (Å²) in [6, 6.07) is 1.90. The fraction of sp³-hybridized carbons (Fsp3) is 0.250.